The highest BCUT2D eigenvalue weighted by atomic mass is 32.1. The molecule has 1 heterocycles. The van der Waals surface area contributed by atoms with Gasteiger partial charge in [-0.1, -0.05) is 48.6 Å². The van der Waals surface area contributed by atoms with Crippen LogP contribution in [0.2, 0.25) is 0 Å². The van der Waals surface area contributed by atoms with Gasteiger partial charge in [0.1, 0.15) is 0 Å². The number of likely N-dealkylation sites (tertiary alicyclic amines) is 1. The summed E-state index contributed by atoms with van der Waals surface area (Å²) in [4.78, 5) is 13.6. The number of nitrogens with zero attached hydrogens (tertiary/aromatic N) is 2. The highest BCUT2D eigenvalue weighted by molar-refractivity contribution is 7.80. The van der Waals surface area contributed by atoms with Crippen LogP contribution < -0.4 is 0 Å². The molecule has 0 spiro atoms. The summed E-state index contributed by atoms with van der Waals surface area (Å²) in [7, 11) is 0. The number of nitro groups is 1. The van der Waals surface area contributed by atoms with Crippen LogP contribution in [-0.2, 0) is 6.54 Å². The van der Waals surface area contributed by atoms with E-state index in [1.54, 1.807) is 0 Å². The molecule has 0 bridgehead atoms. The smallest absolute Gasteiger partial charge is 0.207 e. The van der Waals surface area contributed by atoms with Gasteiger partial charge in [-0.05, 0) is 18.4 Å². The monoisotopic (exact) mass is 304 g/mol. The van der Waals surface area contributed by atoms with Gasteiger partial charge >= 0.3 is 0 Å². The van der Waals surface area contributed by atoms with Gasteiger partial charge in [-0.2, -0.15) is 0 Å². The zero-order valence-electron chi connectivity index (χ0n) is 12.0. The zero-order chi connectivity index (χ0) is 15.2. The van der Waals surface area contributed by atoms with Crippen molar-refractivity contribution in [3.05, 3.63) is 58.7 Å². The second-order valence-corrected chi connectivity index (χ2v) is 5.98. The molecule has 0 aromatic heterocycles. The number of thiocarbonyl (C=S) groups is 1. The van der Waals surface area contributed by atoms with Crippen molar-refractivity contribution >= 4 is 17.2 Å². The van der Waals surface area contributed by atoms with Crippen molar-refractivity contribution in [2.24, 2.45) is 5.92 Å². The van der Waals surface area contributed by atoms with Crippen LogP contribution in [0.4, 0.5) is 0 Å². The quantitative estimate of drug-likeness (QED) is 0.349. The minimum Gasteiger partial charge on any atom is -0.359 e. The maximum Gasteiger partial charge on any atom is 0.207 e. The average molecular weight is 304 g/mol. The first-order valence-corrected chi connectivity index (χ1v) is 7.57. The van der Waals surface area contributed by atoms with E-state index < -0.39 is 0 Å². The lowest BCUT2D eigenvalue weighted by Gasteiger charge is -2.40. The van der Waals surface area contributed by atoms with Crippen LogP contribution >= 0.6 is 12.2 Å². The number of hydrogen-bond donors (Lipinski definition) is 0. The molecule has 112 valence electrons. The molecule has 0 unspecified atom stereocenters. The van der Waals surface area contributed by atoms with Crippen LogP contribution in [0.5, 0.6) is 0 Å². The van der Waals surface area contributed by atoms with E-state index in [2.05, 4.69) is 23.6 Å². The minimum absolute atomic E-state index is 0.00690. The van der Waals surface area contributed by atoms with E-state index in [9.17, 15) is 10.1 Å². The molecule has 0 aliphatic carbocycles. The van der Waals surface area contributed by atoms with Crippen molar-refractivity contribution in [2.45, 2.75) is 31.8 Å². The molecule has 1 aliphatic heterocycles. The molecule has 21 heavy (non-hydrogen) atoms. The summed E-state index contributed by atoms with van der Waals surface area (Å²) in [5.41, 5.74) is 1.21. The Hall–Kier alpha value is -1.75. The Morgan fingerprint density at radius 2 is 2.14 bits per heavy atom. The van der Waals surface area contributed by atoms with Crippen molar-refractivity contribution in [3.63, 3.8) is 0 Å². The van der Waals surface area contributed by atoms with Crippen LogP contribution in [-0.4, -0.2) is 27.4 Å². The van der Waals surface area contributed by atoms with Gasteiger partial charge in [0.2, 0.25) is 6.54 Å². The SMILES string of the molecule is C=CC[C@H]1C[C@H](C[N+](=O)[O-])CC(=S)N1Cc1ccccc1. The van der Waals surface area contributed by atoms with E-state index in [-0.39, 0.29) is 23.4 Å². The molecular weight excluding hydrogens is 284 g/mol. The molecule has 1 saturated heterocycles. The molecule has 0 amide bonds. The zero-order valence-corrected chi connectivity index (χ0v) is 12.8. The molecule has 0 saturated carbocycles. The third kappa shape index (κ3) is 4.36. The van der Waals surface area contributed by atoms with Crippen LogP contribution in [0.25, 0.3) is 0 Å². The lowest BCUT2D eigenvalue weighted by atomic mass is 9.88. The van der Waals surface area contributed by atoms with E-state index in [1.807, 2.05) is 24.3 Å². The predicted octanol–water partition coefficient (Wildman–Crippen LogP) is 3.45. The second kappa shape index (κ2) is 7.31. The third-order valence-corrected chi connectivity index (χ3v) is 4.27. The Balaban J connectivity index is 2.10. The van der Waals surface area contributed by atoms with E-state index in [4.69, 9.17) is 12.2 Å². The van der Waals surface area contributed by atoms with Crippen molar-refractivity contribution in [2.75, 3.05) is 6.54 Å². The second-order valence-electron chi connectivity index (χ2n) is 5.51. The topological polar surface area (TPSA) is 46.4 Å². The highest BCUT2D eigenvalue weighted by Gasteiger charge is 2.33. The van der Waals surface area contributed by atoms with E-state index in [1.165, 1.54) is 5.56 Å². The lowest BCUT2D eigenvalue weighted by molar-refractivity contribution is -0.488. The number of benzene rings is 1. The maximum atomic E-state index is 10.7. The molecule has 1 fully saturated rings. The van der Waals surface area contributed by atoms with Crippen molar-refractivity contribution in [1.82, 2.24) is 4.90 Å². The fourth-order valence-corrected chi connectivity index (χ4v) is 3.38. The predicted molar refractivity (Wildman–Crippen MR) is 87.8 cm³/mol. The van der Waals surface area contributed by atoms with Gasteiger partial charge in [0.05, 0.1) is 4.99 Å². The number of hydrogen-bond acceptors (Lipinski definition) is 3. The highest BCUT2D eigenvalue weighted by Crippen LogP contribution is 2.28. The molecule has 4 nitrogen and oxygen atoms in total. The molecule has 2 atom stereocenters. The van der Waals surface area contributed by atoms with Gasteiger partial charge in [-0.15, -0.1) is 6.58 Å². The van der Waals surface area contributed by atoms with Gasteiger partial charge in [-0.25, -0.2) is 0 Å². The summed E-state index contributed by atoms with van der Waals surface area (Å²) in [6, 6.07) is 10.4. The molecule has 1 aliphatic rings. The van der Waals surface area contributed by atoms with Gasteiger partial charge in [0.25, 0.3) is 0 Å². The molecule has 1 aromatic carbocycles. The minimum atomic E-state index is -0.231. The Kier molecular flexibility index (Phi) is 5.44. The molecule has 0 N–H and O–H groups in total. The fraction of sp³-hybridized carbons (Fsp3) is 0.438. The average Bonchev–Trinajstić information content (AvgIpc) is 2.43. The first kappa shape index (κ1) is 15.6. The van der Waals surface area contributed by atoms with Crippen LogP contribution in [0, 0.1) is 16.0 Å². The summed E-state index contributed by atoms with van der Waals surface area (Å²) in [6.45, 7) is 4.58. The van der Waals surface area contributed by atoms with Gasteiger partial charge in [0.15, 0.2) is 0 Å². The largest absolute Gasteiger partial charge is 0.359 e. The van der Waals surface area contributed by atoms with Crippen molar-refractivity contribution in [3.8, 4) is 0 Å². The Morgan fingerprint density at radius 1 is 1.43 bits per heavy atom. The Bertz CT molecular complexity index is 518. The normalized spacial score (nSPS) is 22.1. The number of piperidine rings is 1. The Morgan fingerprint density at radius 3 is 2.76 bits per heavy atom. The van der Waals surface area contributed by atoms with E-state index in [0.717, 1.165) is 24.4 Å². The van der Waals surface area contributed by atoms with Gasteiger partial charge in [0, 0.05) is 29.8 Å². The Labute approximate surface area is 130 Å². The van der Waals surface area contributed by atoms with Gasteiger partial charge < -0.3 is 4.90 Å². The van der Waals surface area contributed by atoms with Crippen molar-refractivity contribution < 1.29 is 4.92 Å². The maximum absolute atomic E-state index is 10.7. The standard InChI is InChI=1S/C16H20N2O2S/c1-2-6-15-9-14(12-18(19)20)10-16(21)17(15)11-13-7-4-3-5-8-13/h2-5,7-8,14-15H,1,6,9-12H2/t14-,15-/m0/s1. The lowest BCUT2D eigenvalue weighted by Crippen LogP contribution is -2.46. The summed E-state index contributed by atoms with van der Waals surface area (Å²) < 4.78 is 0. The van der Waals surface area contributed by atoms with Crippen LogP contribution in [0.3, 0.4) is 0 Å². The van der Waals surface area contributed by atoms with Crippen molar-refractivity contribution in [1.29, 1.82) is 0 Å². The van der Waals surface area contributed by atoms with Crippen LogP contribution in [0.15, 0.2) is 43.0 Å². The van der Waals surface area contributed by atoms with Crippen LogP contribution in [0.1, 0.15) is 24.8 Å². The summed E-state index contributed by atoms with van der Waals surface area (Å²) in [5.74, 6) is 0.0458. The summed E-state index contributed by atoms with van der Waals surface area (Å²) in [5, 5.41) is 10.7. The third-order valence-electron chi connectivity index (χ3n) is 3.87. The molecule has 0 radical (unpaired) electrons. The first-order chi connectivity index (χ1) is 10.1. The molecular formula is C16H20N2O2S. The molecule has 5 heteroatoms. The van der Waals surface area contributed by atoms with Gasteiger partial charge in [-0.3, -0.25) is 10.1 Å². The summed E-state index contributed by atoms with van der Waals surface area (Å²) in [6.07, 6.45) is 4.12. The molecule has 2 rings (SSSR count). The molecule has 1 aromatic rings. The first-order valence-electron chi connectivity index (χ1n) is 7.16. The summed E-state index contributed by atoms with van der Waals surface area (Å²) >= 11 is 5.52. The van der Waals surface area contributed by atoms with E-state index in [0.29, 0.717) is 6.42 Å². The number of rotatable bonds is 6. The fourth-order valence-electron chi connectivity index (χ4n) is 2.93. The van der Waals surface area contributed by atoms with E-state index >= 15 is 0 Å².